The zero-order valence-corrected chi connectivity index (χ0v) is 13.6. The molecule has 0 radical (unpaired) electrons. The lowest BCUT2D eigenvalue weighted by atomic mass is 10.0. The Bertz CT molecular complexity index is 436. The number of aromatic nitrogens is 1. The minimum absolute atomic E-state index is 0.154. The summed E-state index contributed by atoms with van der Waals surface area (Å²) in [6.07, 6.45) is 7.35. The third-order valence-corrected chi connectivity index (χ3v) is 3.74. The molecule has 0 unspecified atom stereocenters. The molecule has 1 aromatic heterocycles. The number of amides is 1. The largest absolute Gasteiger partial charge is 0.352 e. The van der Waals surface area contributed by atoms with E-state index in [0.29, 0.717) is 17.1 Å². The second-order valence-electron chi connectivity index (χ2n) is 5.35. The summed E-state index contributed by atoms with van der Waals surface area (Å²) in [4.78, 5) is 15.7. The predicted molar refractivity (Wildman–Crippen MR) is 84.5 cm³/mol. The third-order valence-electron chi connectivity index (χ3n) is 3.05. The minimum Gasteiger partial charge on any atom is -0.352 e. The Hall–Kier alpha value is -0.800. The Labute approximate surface area is 131 Å². The number of unbranched alkanes of at least 4 members (excludes halogenated alkanes) is 3. The van der Waals surface area contributed by atoms with Crippen molar-refractivity contribution in [3.05, 3.63) is 28.0 Å². The van der Waals surface area contributed by atoms with Gasteiger partial charge in [-0.05, 0) is 18.4 Å². The molecule has 1 aromatic rings. The standard InChI is InChI=1S/C15H22Cl2N2O/c1-11(2)7-5-3-4-6-8-18-15(20)12-9-13(16)14(17)19-10-12/h9-11H,3-8H2,1-2H3,(H,18,20). The highest BCUT2D eigenvalue weighted by atomic mass is 35.5. The molecule has 1 amide bonds. The molecule has 0 atom stereocenters. The Morgan fingerprint density at radius 3 is 2.60 bits per heavy atom. The predicted octanol–water partition coefficient (Wildman–Crippen LogP) is 4.72. The first-order valence-electron chi connectivity index (χ1n) is 7.10. The van der Waals surface area contributed by atoms with Crippen LogP contribution < -0.4 is 5.32 Å². The fourth-order valence-electron chi connectivity index (χ4n) is 1.88. The monoisotopic (exact) mass is 316 g/mol. The van der Waals surface area contributed by atoms with E-state index in [9.17, 15) is 4.79 Å². The maximum atomic E-state index is 11.8. The summed E-state index contributed by atoms with van der Waals surface area (Å²) in [5.74, 6) is 0.620. The van der Waals surface area contributed by atoms with Gasteiger partial charge in [-0.3, -0.25) is 4.79 Å². The average Bonchev–Trinajstić information content (AvgIpc) is 2.40. The number of halogens is 2. The summed E-state index contributed by atoms with van der Waals surface area (Å²) in [6, 6.07) is 1.54. The molecule has 0 saturated carbocycles. The molecular formula is C15H22Cl2N2O. The van der Waals surface area contributed by atoms with Gasteiger partial charge in [0.15, 0.2) is 0 Å². The van der Waals surface area contributed by atoms with E-state index in [2.05, 4.69) is 24.1 Å². The van der Waals surface area contributed by atoms with Crippen LogP contribution in [0, 0.1) is 5.92 Å². The summed E-state index contributed by atoms with van der Waals surface area (Å²) in [6.45, 7) is 5.16. The number of nitrogens with zero attached hydrogens (tertiary/aromatic N) is 1. The molecule has 0 aromatic carbocycles. The van der Waals surface area contributed by atoms with Crippen LogP contribution in [-0.2, 0) is 0 Å². The quantitative estimate of drug-likeness (QED) is 0.556. The zero-order chi connectivity index (χ0) is 15.0. The fourth-order valence-corrected chi connectivity index (χ4v) is 2.15. The Balaban J connectivity index is 2.18. The van der Waals surface area contributed by atoms with E-state index in [4.69, 9.17) is 23.2 Å². The highest BCUT2D eigenvalue weighted by molar-refractivity contribution is 6.41. The van der Waals surface area contributed by atoms with Crippen LogP contribution in [0.15, 0.2) is 12.3 Å². The van der Waals surface area contributed by atoms with E-state index in [1.165, 1.54) is 31.5 Å². The van der Waals surface area contributed by atoms with Crippen molar-refractivity contribution in [3.8, 4) is 0 Å². The molecule has 0 aliphatic rings. The van der Waals surface area contributed by atoms with Crippen LogP contribution in [0.4, 0.5) is 0 Å². The van der Waals surface area contributed by atoms with Gasteiger partial charge in [0.1, 0.15) is 5.15 Å². The number of carbonyl (C=O) groups excluding carboxylic acids is 1. The first-order chi connectivity index (χ1) is 9.50. The molecule has 3 nitrogen and oxygen atoms in total. The van der Waals surface area contributed by atoms with Gasteiger partial charge in [0.2, 0.25) is 0 Å². The van der Waals surface area contributed by atoms with Crippen molar-refractivity contribution < 1.29 is 4.79 Å². The van der Waals surface area contributed by atoms with E-state index >= 15 is 0 Å². The molecule has 1 heterocycles. The van der Waals surface area contributed by atoms with Crippen molar-refractivity contribution in [3.63, 3.8) is 0 Å². The van der Waals surface area contributed by atoms with Crippen LogP contribution in [-0.4, -0.2) is 17.4 Å². The van der Waals surface area contributed by atoms with Crippen LogP contribution in [0.25, 0.3) is 0 Å². The Morgan fingerprint density at radius 1 is 1.25 bits per heavy atom. The summed E-state index contributed by atoms with van der Waals surface area (Å²) >= 11 is 11.5. The van der Waals surface area contributed by atoms with Gasteiger partial charge >= 0.3 is 0 Å². The molecule has 0 bridgehead atoms. The van der Waals surface area contributed by atoms with Gasteiger partial charge in [0.05, 0.1) is 10.6 Å². The first kappa shape index (κ1) is 17.3. The highest BCUT2D eigenvalue weighted by Crippen LogP contribution is 2.19. The molecular weight excluding hydrogens is 295 g/mol. The maximum Gasteiger partial charge on any atom is 0.252 e. The van der Waals surface area contributed by atoms with Gasteiger partial charge < -0.3 is 5.32 Å². The second kappa shape index (κ2) is 9.19. The Morgan fingerprint density at radius 2 is 1.95 bits per heavy atom. The zero-order valence-electron chi connectivity index (χ0n) is 12.1. The molecule has 1 N–H and O–H groups in total. The van der Waals surface area contributed by atoms with Crippen LogP contribution in [0.1, 0.15) is 56.3 Å². The molecule has 20 heavy (non-hydrogen) atoms. The van der Waals surface area contributed by atoms with Gasteiger partial charge in [-0.1, -0.05) is 62.7 Å². The number of nitrogens with one attached hydrogen (secondary N) is 1. The average molecular weight is 317 g/mol. The van der Waals surface area contributed by atoms with Crippen molar-refractivity contribution in [1.29, 1.82) is 0 Å². The molecule has 0 aliphatic heterocycles. The number of rotatable bonds is 8. The summed E-state index contributed by atoms with van der Waals surface area (Å²) in [7, 11) is 0. The summed E-state index contributed by atoms with van der Waals surface area (Å²) in [5, 5.41) is 3.38. The normalized spacial score (nSPS) is 10.8. The second-order valence-corrected chi connectivity index (χ2v) is 6.11. The van der Waals surface area contributed by atoms with E-state index in [1.807, 2.05) is 0 Å². The van der Waals surface area contributed by atoms with Gasteiger partial charge in [-0.2, -0.15) is 0 Å². The van der Waals surface area contributed by atoms with Crippen molar-refractivity contribution in [1.82, 2.24) is 10.3 Å². The molecule has 0 saturated heterocycles. The molecule has 0 spiro atoms. The first-order valence-corrected chi connectivity index (χ1v) is 7.85. The van der Waals surface area contributed by atoms with Crippen LogP contribution in [0.2, 0.25) is 10.2 Å². The third kappa shape index (κ3) is 6.58. The van der Waals surface area contributed by atoms with Crippen molar-refractivity contribution >= 4 is 29.1 Å². The van der Waals surface area contributed by atoms with Crippen LogP contribution >= 0.6 is 23.2 Å². The molecule has 112 valence electrons. The van der Waals surface area contributed by atoms with Gasteiger partial charge in [-0.25, -0.2) is 4.98 Å². The van der Waals surface area contributed by atoms with Gasteiger partial charge in [0.25, 0.3) is 5.91 Å². The summed E-state index contributed by atoms with van der Waals surface area (Å²) < 4.78 is 0. The maximum absolute atomic E-state index is 11.8. The number of carbonyl (C=O) groups is 1. The minimum atomic E-state index is -0.154. The number of pyridine rings is 1. The summed E-state index contributed by atoms with van der Waals surface area (Å²) in [5.41, 5.74) is 0.444. The fraction of sp³-hybridized carbons (Fsp3) is 0.600. The lowest BCUT2D eigenvalue weighted by Crippen LogP contribution is -2.24. The highest BCUT2D eigenvalue weighted by Gasteiger charge is 2.08. The Kier molecular flexibility index (Phi) is 7.93. The van der Waals surface area contributed by atoms with Crippen molar-refractivity contribution in [2.45, 2.75) is 46.0 Å². The van der Waals surface area contributed by atoms with Crippen molar-refractivity contribution in [2.75, 3.05) is 6.54 Å². The SMILES string of the molecule is CC(C)CCCCCCNC(=O)c1cnc(Cl)c(Cl)c1. The van der Waals surface area contributed by atoms with Gasteiger partial charge in [0, 0.05) is 12.7 Å². The molecule has 0 aliphatic carbocycles. The molecule has 1 rings (SSSR count). The topological polar surface area (TPSA) is 42.0 Å². The van der Waals surface area contributed by atoms with Crippen molar-refractivity contribution in [2.24, 2.45) is 5.92 Å². The lowest BCUT2D eigenvalue weighted by Gasteiger charge is -2.06. The van der Waals surface area contributed by atoms with E-state index in [-0.39, 0.29) is 11.1 Å². The van der Waals surface area contributed by atoms with E-state index in [1.54, 1.807) is 0 Å². The van der Waals surface area contributed by atoms with E-state index < -0.39 is 0 Å². The smallest absolute Gasteiger partial charge is 0.252 e. The molecule has 5 heteroatoms. The van der Waals surface area contributed by atoms with E-state index in [0.717, 1.165) is 18.8 Å². The van der Waals surface area contributed by atoms with Crippen LogP contribution in [0.5, 0.6) is 0 Å². The van der Waals surface area contributed by atoms with Gasteiger partial charge in [-0.15, -0.1) is 0 Å². The van der Waals surface area contributed by atoms with Crippen LogP contribution in [0.3, 0.4) is 0 Å². The number of hydrogen-bond donors (Lipinski definition) is 1. The number of hydrogen-bond acceptors (Lipinski definition) is 2. The molecule has 0 fully saturated rings. The lowest BCUT2D eigenvalue weighted by molar-refractivity contribution is 0.0952.